The molecule has 0 spiro atoms. The van der Waals surface area contributed by atoms with E-state index in [9.17, 15) is 18.3 Å². The van der Waals surface area contributed by atoms with E-state index in [0.29, 0.717) is 11.5 Å². The van der Waals surface area contributed by atoms with Crippen molar-refractivity contribution < 1.29 is 37.3 Å². The van der Waals surface area contributed by atoms with Crippen LogP contribution in [0.2, 0.25) is 0 Å². The molecule has 0 fully saturated rings. The average molecular weight is 411 g/mol. The molecule has 0 amide bonds. The third kappa shape index (κ3) is 4.22. The highest BCUT2D eigenvalue weighted by Crippen LogP contribution is 2.37. The van der Waals surface area contributed by atoms with Crippen molar-refractivity contribution in [2.75, 3.05) is 39.3 Å². The lowest BCUT2D eigenvalue weighted by atomic mass is 10.2. The SMILES string of the molecule is COc1ccc(N(CC(=O)O)S(=O)(=O)c2ccc(OC)c(OC)c2)c(OC)c1. The molecule has 2 aromatic carbocycles. The van der Waals surface area contributed by atoms with Crippen molar-refractivity contribution in [2.45, 2.75) is 4.90 Å². The van der Waals surface area contributed by atoms with Crippen molar-refractivity contribution in [1.82, 2.24) is 0 Å². The molecule has 0 saturated heterocycles. The molecule has 0 saturated carbocycles. The Labute approximate surface area is 163 Å². The molecule has 0 aromatic heterocycles. The van der Waals surface area contributed by atoms with Crippen LogP contribution in [-0.2, 0) is 14.8 Å². The van der Waals surface area contributed by atoms with Crippen LogP contribution >= 0.6 is 0 Å². The Balaban J connectivity index is 2.64. The fourth-order valence-electron chi connectivity index (χ4n) is 2.52. The number of rotatable bonds is 9. The fourth-order valence-corrected chi connectivity index (χ4v) is 3.96. The normalized spacial score (nSPS) is 10.9. The third-order valence-electron chi connectivity index (χ3n) is 3.88. The summed E-state index contributed by atoms with van der Waals surface area (Å²) >= 11 is 0. The highest BCUT2D eigenvalue weighted by molar-refractivity contribution is 7.92. The van der Waals surface area contributed by atoms with Crippen molar-refractivity contribution in [1.29, 1.82) is 0 Å². The summed E-state index contributed by atoms with van der Waals surface area (Å²) in [7, 11) is 1.33. The maximum absolute atomic E-state index is 13.2. The molecule has 28 heavy (non-hydrogen) atoms. The molecule has 0 bridgehead atoms. The highest BCUT2D eigenvalue weighted by Gasteiger charge is 2.30. The van der Waals surface area contributed by atoms with Crippen LogP contribution in [0.5, 0.6) is 23.0 Å². The van der Waals surface area contributed by atoms with Gasteiger partial charge in [0, 0.05) is 12.1 Å². The van der Waals surface area contributed by atoms with Crippen molar-refractivity contribution in [3.63, 3.8) is 0 Å². The summed E-state index contributed by atoms with van der Waals surface area (Å²) in [6.45, 7) is -0.806. The zero-order valence-electron chi connectivity index (χ0n) is 15.8. The summed E-state index contributed by atoms with van der Waals surface area (Å²) in [5.41, 5.74) is 0.0560. The van der Waals surface area contributed by atoms with E-state index in [1.165, 1.54) is 64.8 Å². The van der Waals surface area contributed by atoms with Gasteiger partial charge in [0.25, 0.3) is 10.0 Å². The van der Waals surface area contributed by atoms with Gasteiger partial charge in [-0.1, -0.05) is 0 Å². The Morgan fingerprint density at radius 2 is 1.54 bits per heavy atom. The van der Waals surface area contributed by atoms with Gasteiger partial charge in [-0.05, 0) is 24.3 Å². The number of aliphatic carboxylic acids is 1. The lowest BCUT2D eigenvalue weighted by Crippen LogP contribution is -2.36. The van der Waals surface area contributed by atoms with Gasteiger partial charge >= 0.3 is 5.97 Å². The van der Waals surface area contributed by atoms with Gasteiger partial charge in [0.1, 0.15) is 18.0 Å². The van der Waals surface area contributed by atoms with Crippen molar-refractivity contribution in [2.24, 2.45) is 0 Å². The summed E-state index contributed by atoms with van der Waals surface area (Å²) in [6, 6.07) is 8.39. The molecule has 9 nitrogen and oxygen atoms in total. The Kier molecular flexibility index (Phi) is 6.57. The summed E-state index contributed by atoms with van der Waals surface area (Å²) in [6.07, 6.45) is 0. The van der Waals surface area contributed by atoms with Crippen LogP contribution in [0.4, 0.5) is 5.69 Å². The smallest absolute Gasteiger partial charge is 0.324 e. The summed E-state index contributed by atoms with van der Waals surface area (Å²) < 4.78 is 47.8. The number of sulfonamides is 1. The van der Waals surface area contributed by atoms with Crippen molar-refractivity contribution in [3.8, 4) is 23.0 Å². The molecule has 0 unspecified atom stereocenters. The van der Waals surface area contributed by atoms with E-state index >= 15 is 0 Å². The number of carboxylic acid groups (broad SMARTS) is 1. The van der Waals surface area contributed by atoms with Gasteiger partial charge in [-0.3, -0.25) is 9.10 Å². The summed E-state index contributed by atoms with van der Waals surface area (Å²) in [5.74, 6) is -0.222. The first-order chi connectivity index (χ1) is 13.3. The molecule has 10 heteroatoms. The maximum Gasteiger partial charge on any atom is 0.324 e. The van der Waals surface area contributed by atoms with Crippen LogP contribution in [0.1, 0.15) is 0 Å². The summed E-state index contributed by atoms with van der Waals surface area (Å²) in [5, 5.41) is 9.29. The van der Waals surface area contributed by atoms with E-state index in [-0.39, 0.29) is 22.1 Å². The van der Waals surface area contributed by atoms with Gasteiger partial charge in [0.15, 0.2) is 11.5 Å². The zero-order valence-corrected chi connectivity index (χ0v) is 16.6. The first-order valence-corrected chi connectivity index (χ1v) is 9.41. The number of carboxylic acids is 1. The van der Waals surface area contributed by atoms with Crippen LogP contribution in [0.25, 0.3) is 0 Å². The first-order valence-electron chi connectivity index (χ1n) is 7.97. The van der Waals surface area contributed by atoms with E-state index in [4.69, 9.17) is 18.9 Å². The monoisotopic (exact) mass is 411 g/mol. The molecular weight excluding hydrogens is 390 g/mol. The van der Waals surface area contributed by atoms with Crippen LogP contribution in [-0.4, -0.2) is 54.5 Å². The molecule has 0 aliphatic carbocycles. The van der Waals surface area contributed by atoms with Crippen LogP contribution < -0.4 is 23.3 Å². The largest absolute Gasteiger partial charge is 0.497 e. The zero-order chi connectivity index (χ0) is 20.9. The Bertz CT molecular complexity index is 958. The highest BCUT2D eigenvalue weighted by atomic mass is 32.2. The molecule has 0 aliphatic rings. The second-order valence-electron chi connectivity index (χ2n) is 5.46. The molecule has 2 aromatic rings. The predicted molar refractivity (Wildman–Crippen MR) is 101 cm³/mol. The van der Waals surface area contributed by atoms with Crippen LogP contribution in [0.15, 0.2) is 41.3 Å². The molecule has 0 aliphatic heterocycles. The number of anilines is 1. The molecule has 0 atom stereocenters. The molecular formula is C18H21NO8S. The van der Waals surface area contributed by atoms with Gasteiger partial charge in [0.05, 0.1) is 39.0 Å². The van der Waals surface area contributed by atoms with E-state index in [2.05, 4.69) is 0 Å². The van der Waals surface area contributed by atoms with Gasteiger partial charge in [-0.25, -0.2) is 8.42 Å². The number of hydrogen-bond donors (Lipinski definition) is 1. The molecule has 152 valence electrons. The van der Waals surface area contributed by atoms with E-state index < -0.39 is 22.5 Å². The second kappa shape index (κ2) is 8.70. The fraction of sp³-hybridized carbons (Fsp3) is 0.278. The number of nitrogens with zero attached hydrogens (tertiary/aromatic N) is 1. The third-order valence-corrected chi connectivity index (χ3v) is 5.63. The molecule has 2 rings (SSSR count). The average Bonchev–Trinajstić information content (AvgIpc) is 2.70. The minimum absolute atomic E-state index is 0.0560. The number of carbonyl (C=O) groups is 1. The van der Waals surface area contributed by atoms with E-state index in [0.717, 1.165) is 4.31 Å². The number of ether oxygens (including phenoxy) is 4. The van der Waals surface area contributed by atoms with E-state index in [1.807, 2.05) is 0 Å². The standard InChI is InChI=1S/C18H21NO8S/c1-24-12-5-7-14(16(9-12)26-3)19(11-18(20)21)28(22,23)13-6-8-15(25-2)17(10-13)27-4/h5-10H,11H2,1-4H3,(H,20,21). The lowest BCUT2D eigenvalue weighted by molar-refractivity contribution is -0.135. The van der Waals surface area contributed by atoms with Gasteiger partial charge in [-0.2, -0.15) is 0 Å². The van der Waals surface area contributed by atoms with Crippen molar-refractivity contribution >= 4 is 21.7 Å². The topological polar surface area (TPSA) is 112 Å². The molecule has 1 N–H and O–H groups in total. The quantitative estimate of drug-likeness (QED) is 0.667. The second-order valence-corrected chi connectivity index (χ2v) is 7.32. The summed E-state index contributed by atoms with van der Waals surface area (Å²) in [4.78, 5) is 11.2. The van der Waals surface area contributed by atoms with Crippen molar-refractivity contribution in [3.05, 3.63) is 36.4 Å². The molecule has 0 radical (unpaired) electrons. The maximum atomic E-state index is 13.2. The lowest BCUT2D eigenvalue weighted by Gasteiger charge is -2.25. The Hall–Kier alpha value is -3.14. The predicted octanol–water partition coefficient (Wildman–Crippen LogP) is 2.00. The Morgan fingerprint density at radius 1 is 0.893 bits per heavy atom. The minimum Gasteiger partial charge on any atom is -0.497 e. The minimum atomic E-state index is -4.26. The number of benzene rings is 2. The van der Waals surface area contributed by atoms with Gasteiger partial charge in [-0.15, -0.1) is 0 Å². The first kappa shape index (κ1) is 21.2. The number of hydrogen-bond acceptors (Lipinski definition) is 7. The molecule has 0 heterocycles. The Morgan fingerprint density at radius 3 is 2.07 bits per heavy atom. The van der Waals surface area contributed by atoms with Crippen LogP contribution in [0, 0.1) is 0 Å². The van der Waals surface area contributed by atoms with Gasteiger partial charge in [0.2, 0.25) is 0 Å². The van der Waals surface area contributed by atoms with Crippen LogP contribution in [0.3, 0.4) is 0 Å². The number of methoxy groups -OCH3 is 4. The van der Waals surface area contributed by atoms with E-state index in [1.54, 1.807) is 0 Å². The van der Waals surface area contributed by atoms with Gasteiger partial charge < -0.3 is 24.1 Å².